The molecule has 0 aromatic heterocycles. The van der Waals surface area contributed by atoms with Gasteiger partial charge in [-0.15, -0.1) is 0 Å². The van der Waals surface area contributed by atoms with Crippen LogP contribution in [-0.4, -0.2) is 30.8 Å². The van der Waals surface area contributed by atoms with Crippen molar-refractivity contribution in [2.24, 2.45) is 0 Å². The number of nitrogens with one attached hydrogen (secondary N) is 2. The molecule has 0 radical (unpaired) electrons. The highest BCUT2D eigenvalue weighted by Crippen LogP contribution is 2.37. The second-order valence-electron chi connectivity index (χ2n) is 7.06. The Bertz CT molecular complexity index is 924. The lowest BCUT2D eigenvalue weighted by Crippen LogP contribution is -2.31. The molecule has 0 aliphatic rings. The molecule has 9 heteroatoms. The summed E-state index contributed by atoms with van der Waals surface area (Å²) in [4.78, 5) is 11.7. The van der Waals surface area contributed by atoms with E-state index in [4.69, 9.17) is 23.2 Å². The molecule has 0 bridgehead atoms. The lowest BCUT2D eigenvalue weighted by Gasteiger charge is -2.16. The number of carbonyl (C=O) groups is 1. The first-order valence-corrected chi connectivity index (χ1v) is 10.2. The van der Waals surface area contributed by atoms with Crippen LogP contribution in [0.15, 0.2) is 18.2 Å². The molecule has 30 heavy (non-hydrogen) atoms. The summed E-state index contributed by atoms with van der Waals surface area (Å²) in [5.41, 5.74) is 0.487. The summed E-state index contributed by atoms with van der Waals surface area (Å²) < 4.78 is 41.6. The van der Waals surface area contributed by atoms with E-state index in [0.29, 0.717) is 0 Å². The number of anilines is 1. The van der Waals surface area contributed by atoms with Gasteiger partial charge in [0.05, 0.1) is 23.9 Å². The zero-order chi connectivity index (χ0) is 22.4. The lowest BCUT2D eigenvalue weighted by molar-refractivity contribution is -0.119. The number of hydrogen-bond acceptors (Lipinski definition) is 3. The van der Waals surface area contributed by atoms with Crippen molar-refractivity contribution in [3.05, 3.63) is 56.6 Å². The summed E-state index contributed by atoms with van der Waals surface area (Å²) in [5.74, 6) is -2.26. The molecule has 2 aromatic rings. The Labute approximate surface area is 183 Å². The molecule has 0 fully saturated rings. The van der Waals surface area contributed by atoms with Gasteiger partial charge >= 0.3 is 0 Å². The van der Waals surface area contributed by atoms with Crippen LogP contribution in [0.4, 0.5) is 18.9 Å². The Morgan fingerprint density at radius 2 is 1.90 bits per heavy atom. The number of benzene rings is 2. The zero-order valence-corrected chi connectivity index (χ0v) is 18.1. The minimum absolute atomic E-state index is 0.0790. The SMILES string of the molecule is CC(C)c1c(O)ccc(Cc2c(Cl)cc(NCC(=O)NCCCF)c(F)c2Cl)c1F. The maximum absolute atomic E-state index is 14.8. The summed E-state index contributed by atoms with van der Waals surface area (Å²) in [7, 11) is 0. The minimum Gasteiger partial charge on any atom is -0.508 e. The molecule has 0 spiro atoms. The molecule has 0 aliphatic heterocycles. The van der Waals surface area contributed by atoms with Crippen LogP contribution in [0.5, 0.6) is 5.75 Å². The quantitative estimate of drug-likeness (QED) is 0.336. The van der Waals surface area contributed by atoms with Gasteiger partial charge in [-0.3, -0.25) is 9.18 Å². The standard InChI is InChI=1S/C21H23Cl2F3N2O2/c1-11(2)18-16(29)5-4-12(20(18)25)8-13-14(22)9-15(21(26)19(13)23)28-10-17(30)27-7-3-6-24/h4-5,9,11,28-29H,3,6-8,10H2,1-2H3,(H,27,30). The van der Waals surface area contributed by atoms with Crippen LogP contribution in [0.3, 0.4) is 0 Å². The first kappa shape index (κ1) is 24.2. The fraction of sp³-hybridized carbons (Fsp3) is 0.381. The summed E-state index contributed by atoms with van der Waals surface area (Å²) in [6.45, 7) is 2.87. The smallest absolute Gasteiger partial charge is 0.239 e. The number of alkyl halides is 1. The largest absolute Gasteiger partial charge is 0.508 e. The van der Waals surface area contributed by atoms with Crippen LogP contribution in [0.2, 0.25) is 10.0 Å². The van der Waals surface area contributed by atoms with E-state index in [-0.39, 0.29) is 70.0 Å². The second-order valence-corrected chi connectivity index (χ2v) is 7.85. The molecular weight excluding hydrogens is 440 g/mol. The van der Waals surface area contributed by atoms with Gasteiger partial charge < -0.3 is 15.7 Å². The molecule has 0 atom stereocenters. The summed E-state index contributed by atoms with van der Waals surface area (Å²) in [5, 5.41) is 14.8. The van der Waals surface area contributed by atoms with E-state index < -0.39 is 24.2 Å². The van der Waals surface area contributed by atoms with E-state index in [1.165, 1.54) is 18.2 Å². The van der Waals surface area contributed by atoms with Crippen molar-refractivity contribution in [2.75, 3.05) is 25.1 Å². The molecule has 3 N–H and O–H groups in total. The van der Waals surface area contributed by atoms with Crippen LogP contribution in [0.25, 0.3) is 0 Å². The first-order chi connectivity index (χ1) is 14.2. The molecule has 164 valence electrons. The molecule has 0 saturated heterocycles. The highest BCUT2D eigenvalue weighted by molar-refractivity contribution is 6.36. The number of hydrogen-bond donors (Lipinski definition) is 3. The van der Waals surface area contributed by atoms with Gasteiger partial charge in [-0.2, -0.15) is 0 Å². The fourth-order valence-corrected chi connectivity index (χ4v) is 3.55. The highest BCUT2D eigenvalue weighted by atomic mass is 35.5. The Morgan fingerprint density at radius 3 is 2.53 bits per heavy atom. The van der Waals surface area contributed by atoms with Gasteiger partial charge in [0.2, 0.25) is 5.91 Å². The molecule has 4 nitrogen and oxygen atoms in total. The van der Waals surface area contributed by atoms with E-state index >= 15 is 0 Å². The average molecular weight is 463 g/mol. The normalized spacial score (nSPS) is 11.1. The van der Waals surface area contributed by atoms with E-state index in [1.807, 2.05) is 0 Å². The van der Waals surface area contributed by atoms with E-state index in [0.717, 1.165) is 0 Å². The fourth-order valence-electron chi connectivity index (χ4n) is 2.96. The maximum Gasteiger partial charge on any atom is 0.239 e. The number of rotatable bonds is 9. The number of phenolic OH excluding ortho intramolecular Hbond substituents is 1. The molecule has 2 rings (SSSR count). The van der Waals surface area contributed by atoms with Crippen molar-refractivity contribution in [3.63, 3.8) is 0 Å². The first-order valence-electron chi connectivity index (χ1n) is 9.40. The molecular formula is C21H23Cl2F3N2O2. The second kappa shape index (κ2) is 10.8. The molecule has 0 saturated carbocycles. The third-order valence-electron chi connectivity index (χ3n) is 4.51. The van der Waals surface area contributed by atoms with Crippen LogP contribution < -0.4 is 10.6 Å². The van der Waals surface area contributed by atoms with E-state index in [9.17, 15) is 23.1 Å². The van der Waals surface area contributed by atoms with Crippen LogP contribution in [0, 0.1) is 11.6 Å². The van der Waals surface area contributed by atoms with Crippen molar-refractivity contribution < 1.29 is 23.1 Å². The van der Waals surface area contributed by atoms with E-state index in [1.54, 1.807) is 13.8 Å². The topological polar surface area (TPSA) is 61.4 Å². The monoisotopic (exact) mass is 462 g/mol. The van der Waals surface area contributed by atoms with Gasteiger partial charge in [-0.25, -0.2) is 8.78 Å². The van der Waals surface area contributed by atoms with Gasteiger partial charge in [0.25, 0.3) is 0 Å². The van der Waals surface area contributed by atoms with Gasteiger partial charge in [0.1, 0.15) is 11.6 Å². The number of halogens is 5. The van der Waals surface area contributed by atoms with Gasteiger partial charge in [0.15, 0.2) is 5.82 Å². The molecule has 0 heterocycles. The van der Waals surface area contributed by atoms with Gasteiger partial charge in [-0.1, -0.05) is 43.1 Å². The number of phenols is 1. The zero-order valence-electron chi connectivity index (χ0n) is 16.6. The van der Waals surface area contributed by atoms with Crippen molar-refractivity contribution in [2.45, 2.75) is 32.6 Å². The Hall–Kier alpha value is -2.12. The average Bonchev–Trinajstić information content (AvgIpc) is 2.68. The summed E-state index contributed by atoms with van der Waals surface area (Å²) >= 11 is 12.4. The number of amides is 1. The minimum atomic E-state index is -0.823. The molecule has 1 amide bonds. The third kappa shape index (κ3) is 5.73. The van der Waals surface area contributed by atoms with Crippen LogP contribution >= 0.6 is 23.2 Å². The van der Waals surface area contributed by atoms with E-state index in [2.05, 4.69) is 10.6 Å². The predicted molar refractivity (Wildman–Crippen MR) is 113 cm³/mol. The Balaban J connectivity index is 2.23. The Kier molecular flexibility index (Phi) is 8.67. The lowest BCUT2D eigenvalue weighted by atomic mass is 9.95. The van der Waals surface area contributed by atoms with Crippen molar-refractivity contribution >= 4 is 34.8 Å². The highest BCUT2D eigenvalue weighted by Gasteiger charge is 2.21. The van der Waals surface area contributed by atoms with Crippen molar-refractivity contribution in [3.8, 4) is 5.75 Å². The third-order valence-corrected chi connectivity index (χ3v) is 5.24. The maximum atomic E-state index is 14.8. The molecule has 2 aromatic carbocycles. The summed E-state index contributed by atoms with van der Waals surface area (Å²) in [6, 6.07) is 4.05. The molecule has 0 unspecified atom stereocenters. The number of carbonyl (C=O) groups excluding carboxylic acids is 1. The van der Waals surface area contributed by atoms with Gasteiger partial charge in [0, 0.05) is 23.6 Å². The molecule has 0 aliphatic carbocycles. The van der Waals surface area contributed by atoms with Crippen LogP contribution in [0.1, 0.15) is 42.9 Å². The summed E-state index contributed by atoms with van der Waals surface area (Å²) in [6.07, 6.45) is 0.114. The Morgan fingerprint density at radius 1 is 1.20 bits per heavy atom. The number of aromatic hydroxyl groups is 1. The van der Waals surface area contributed by atoms with Crippen molar-refractivity contribution in [1.29, 1.82) is 0 Å². The predicted octanol–water partition coefficient (Wildman–Crippen LogP) is 5.58. The van der Waals surface area contributed by atoms with Crippen molar-refractivity contribution in [1.82, 2.24) is 5.32 Å². The van der Waals surface area contributed by atoms with Gasteiger partial charge in [-0.05, 0) is 35.6 Å². The van der Waals surface area contributed by atoms with Crippen LogP contribution in [-0.2, 0) is 11.2 Å².